The summed E-state index contributed by atoms with van der Waals surface area (Å²) >= 11 is 0. The Kier molecular flexibility index (Phi) is 2.96. The van der Waals surface area contributed by atoms with E-state index in [0.29, 0.717) is 19.0 Å². The second-order valence-electron chi connectivity index (χ2n) is 4.15. The molecule has 0 aromatic carbocycles. The third-order valence-corrected chi connectivity index (χ3v) is 3.04. The van der Waals surface area contributed by atoms with Crippen molar-refractivity contribution in [1.29, 1.82) is 0 Å². The average Bonchev–Trinajstić information content (AvgIpc) is 2.46. The fourth-order valence-electron chi connectivity index (χ4n) is 2.17. The van der Waals surface area contributed by atoms with Crippen molar-refractivity contribution < 1.29 is 14.6 Å². The fourth-order valence-corrected chi connectivity index (χ4v) is 2.17. The number of aliphatic hydroxyl groups is 1. The summed E-state index contributed by atoms with van der Waals surface area (Å²) < 4.78 is 10.7. The first-order valence-electron chi connectivity index (χ1n) is 5.49. The van der Waals surface area contributed by atoms with Crippen molar-refractivity contribution in [1.82, 2.24) is 0 Å². The van der Waals surface area contributed by atoms with Crippen LogP contribution < -0.4 is 0 Å². The Balaban J connectivity index is 2.07. The first-order valence-corrected chi connectivity index (χ1v) is 5.49. The van der Waals surface area contributed by atoms with Gasteiger partial charge in [-0.05, 0) is 12.8 Å². The Bertz CT molecular complexity index is 215. The molecule has 1 fully saturated rings. The van der Waals surface area contributed by atoms with Crippen LogP contribution in [0.4, 0.5) is 0 Å². The Morgan fingerprint density at radius 3 is 2.36 bits per heavy atom. The molecule has 0 atom stereocenters. The topological polar surface area (TPSA) is 38.7 Å². The lowest BCUT2D eigenvalue weighted by atomic mass is 9.92. The van der Waals surface area contributed by atoms with E-state index in [4.69, 9.17) is 9.47 Å². The molecule has 1 saturated carbocycles. The highest BCUT2D eigenvalue weighted by atomic mass is 16.6. The molecule has 0 unspecified atom stereocenters. The molecular weight excluding hydrogens is 180 g/mol. The summed E-state index contributed by atoms with van der Waals surface area (Å²) in [4.78, 5) is 0. The lowest BCUT2D eigenvalue weighted by Crippen LogP contribution is -2.34. The summed E-state index contributed by atoms with van der Waals surface area (Å²) in [7, 11) is 0. The summed E-state index contributed by atoms with van der Waals surface area (Å²) in [5.74, 6) is 0.644. The van der Waals surface area contributed by atoms with Gasteiger partial charge in [0.1, 0.15) is 25.1 Å². The maximum absolute atomic E-state index is 10.4. The minimum atomic E-state index is -0.753. The molecule has 3 heteroatoms. The first kappa shape index (κ1) is 9.84. The van der Waals surface area contributed by atoms with Crippen molar-refractivity contribution >= 4 is 0 Å². The third-order valence-electron chi connectivity index (χ3n) is 3.04. The largest absolute Gasteiger partial charge is 0.494 e. The highest BCUT2D eigenvalue weighted by molar-refractivity contribution is 5.09. The number of rotatable bonds is 1. The Labute approximate surface area is 84.7 Å². The molecule has 80 valence electrons. The predicted octanol–water partition coefficient (Wildman–Crippen LogP) is 1.96. The quantitative estimate of drug-likeness (QED) is 0.654. The van der Waals surface area contributed by atoms with Gasteiger partial charge in [-0.15, -0.1) is 0 Å². The summed E-state index contributed by atoms with van der Waals surface area (Å²) in [5.41, 5.74) is -0.753. The molecule has 0 bridgehead atoms. The van der Waals surface area contributed by atoms with Crippen molar-refractivity contribution in [3.8, 4) is 0 Å². The highest BCUT2D eigenvalue weighted by Crippen LogP contribution is 2.34. The van der Waals surface area contributed by atoms with Gasteiger partial charge in [0.05, 0.1) is 0 Å². The smallest absolute Gasteiger partial charge is 0.162 e. The van der Waals surface area contributed by atoms with Crippen LogP contribution >= 0.6 is 0 Å². The Hall–Kier alpha value is -0.700. The molecule has 1 heterocycles. The second kappa shape index (κ2) is 4.22. The van der Waals surface area contributed by atoms with E-state index in [-0.39, 0.29) is 0 Å². The molecule has 2 aliphatic rings. The zero-order chi connectivity index (χ0) is 9.86. The molecule has 0 aromatic rings. The lowest BCUT2D eigenvalue weighted by Gasteiger charge is -2.30. The van der Waals surface area contributed by atoms with Gasteiger partial charge >= 0.3 is 0 Å². The van der Waals surface area contributed by atoms with Crippen LogP contribution in [0, 0.1) is 0 Å². The van der Waals surface area contributed by atoms with Gasteiger partial charge in [-0.25, -0.2) is 0 Å². The van der Waals surface area contributed by atoms with E-state index in [2.05, 4.69) is 0 Å². The van der Waals surface area contributed by atoms with Gasteiger partial charge in [-0.3, -0.25) is 0 Å². The Morgan fingerprint density at radius 2 is 1.79 bits per heavy atom. The molecule has 1 aliphatic heterocycles. The SMILES string of the molecule is OC1(C2=COCCO2)CCCCCC1. The molecular formula is C11H18O3. The molecule has 2 rings (SSSR count). The molecule has 1 N–H and O–H groups in total. The van der Waals surface area contributed by atoms with Crippen LogP contribution in [0.2, 0.25) is 0 Å². The van der Waals surface area contributed by atoms with Crippen LogP contribution in [-0.2, 0) is 9.47 Å². The van der Waals surface area contributed by atoms with Crippen LogP contribution in [0.3, 0.4) is 0 Å². The molecule has 1 aliphatic carbocycles. The molecule has 0 spiro atoms. The summed E-state index contributed by atoms with van der Waals surface area (Å²) in [6, 6.07) is 0. The van der Waals surface area contributed by atoms with Crippen LogP contribution in [0.5, 0.6) is 0 Å². The predicted molar refractivity (Wildman–Crippen MR) is 52.6 cm³/mol. The standard InChI is InChI=1S/C11H18O3/c12-11(5-3-1-2-4-6-11)10-9-13-7-8-14-10/h9,12H,1-8H2. The maximum Gasteiger partial charge on any atom is 0.162 e. The molecule has 0 aromatic heterocycles. The van der Waals surface area contributed by atoms with Gasteiger partial charge in [-0.1, -0.05) is 25.7 Å². The van der Waals surface area contributed by atoms with E-state index in [0.717, 1.165) is 25.7 Å². The molecule has 0 radical (unpaired) electrons. The van der Waals surface area contributed by atoms with Crippen molar-refractivity contribution in [2.45, 2.75) is 44.1 Å². The number of hydrogen-bond donors (Lipinski definition) is 1. The van der Waals surface area contributed by atoms with E-state index in [9.17, 15) is 5.11 Å². The van der Waals surface area contributed by atoms with E-state index < -0.39 is 5.60 Å². The fraction of sp³-hybridized carbons (Fsp3) is 0.818. The average molecular weight is 198 g/mol. The number of hydrogen-bond acceptors (Lipinski definition) is 3. The van der Waals surface area contributed by atoms with E-state index in [1.54, 1.807) is 6.26 Å². The van der Waals surface area contributed by atoms with Gasteiger partial charge in [-0.2, -0.15) is 0 Å². The number of ether oxygens (including phenoxy) is 2. The molecule has 14 heavy (non-hydrogen) atoms. The van der Waals surface area contributed by atoms with E-state index >= 15 is 0 Å². The molecule has 0 amide bonds. The van der Waals surface area contributed by atoms with Gasteiger partial charge < -0.3 is 14.6 Å². The van der Waals surface area contributed by atoms with E-state index in [1.165, 1.54) is 12.8 Å². The second-order valence-corrected chi connectivity index (χ2v) is 4.15. The normalized spacial score (nSPS) is 26.8. The van der Waals surface area contributed by atoms with Gasteiger partial charge in [0.15, 0.2) is 5.76 Å². The first-order chi connectivity index (χ1) is 6.81. The van der Waals surface area contributed by atoms with Crippen LogP contribution in [0.25, 0.3) is 0 Å². The van der Waals surface area contributed by atoms with Crippen LogP contribution in [0.1, 0.15) is 38.5 Å². The van der Waals surface area contributed by atoms with Crippen molar-refractivity contribution in [3.63, 3.8) is 0 Å². The molecule has 0 saturated heterocycles. The monoisotopic (exact) mass is 198 g/mol. The summed E-state index contributed by atoms with van der Waals surface area (Å²) in [6.07, 6.45) is 7.81. The summed E-state index contributed by atoms with van der Waals surface area (Å²) in [5, 5.41) is 10.4. The lowest BCUT2D eigenvalue weighted by molar-refractivity contribution is -0.0318. The van der Waals surface area contributed by atoms with Crippen molar-refractivity contribution in [3.05, 3.63) is 12.0 Å². The highest BCUT2D eigenvalue weighted by Gasteiger charge is 2.35. The zero-order valence-electron chi connectivity index (χ0n) is 8.50. The summed E-state index contributed by atoms with van der Waals surface area (Å²) in [6.45, 7) is 1.16. The Morgan fingerprint density at radius 1 is 1.07 bits per heavy atom. The zero-order valence-corrected chi connectivity index (χ0v) is 8.50. The maximum atomic E-state index is 10.4. The van der Waals surface area contributed by atoms with E-state index in [1.807, 2.05) is 0 Å². The van der Waals surface area contributed by atoms with Crippen molar-refractivity contribution in [2.24, 2.45) is 0 Å². The van der Waals surface area contributed by atoms with Crippen LogP contribution in [0.15, 0.2) is 12.0 Å². The molecule has 3 nitrogen and oxygen atoms in total. The van der Waals surface area contributed by atoms with Gasteiger partial charge in [0.2, 0.25) is 0 Å². The minimum Gasteiger partial charge on any atom is -0.494 e. The van der Waals surface area contributed by atoms with Gasteiger partial charge in [0.25, 0.3) is 0 Å². The van der Waals surface area contributed by atoms with Gasteiger partial charge in [0, 0.05) is 0 Å². The minimum absolute atomic E-state index is 0.564. The third kappa shape index (κ3) is 2.03. The van der Waals surface area contributed by atoms with Crippen LogP contribution in [-0.4, -0.2) is 23.9 Å². The van der Waals surface area contributed by atoms with Crippen molar-refractivity contribution in [2.75, 3.05) is 13.2 Å².